The molecule has 2 rings (SSSR count). The molecule has 142 valence electrons. The van der Waals surface area contributed by atoms with Gasteiger partial charge in [-0.25, -0.2) is 0 Å². The molecule has 1 aliphatic rings. The Hall–Kier alpha value is -2.12. The lowest BCUT2D eigenvalue weighted by atomic mass is 9.88. The van der Waals surface area contributed by atoms with Crippen molar-refractivity contribution in [3.05, 3.63) is 34.9 Å². The summed E-state index contributed by atoms with van der Waals surface area (Å²) in [6, 6.07) is 6.40. The van der Waals surface area contributed by atoms with Crippen molar-refractivity contribution in [1.29, 1.82) is 0 Å². The molecule has 1 aromatic rings. The monoisotopic (exact) mass is 382 g/mol. The number of halogens is 1. The fourth-order valence-electron chi connectivity index (χ4n) is 3.21. The van der Waals surface area contributed by atoms with Crippen LogP contribution in [0.1, 0.15) is 31.4 Å². The van der Waals surface area contributed by atoms with Gasteiger partial charge in [-0.3, -0.25) is 14.4 Å². The molecular weight excluding hydrogens is 360 g/mol. The van der Waals surface area contributed by atoms with Crippen molar-refractivity contribution in [3.63, 3.8) is 0 Å². The maximum Gasteiger partial charge on any atom is 0.313 e. The van der Waals surface area contributed by atoms with Crippen LogP contribution in [-0.2, 0) is 19.1 Å². The van der Waals surface area contributed by atoms with Crippen LogP contribution in [-0.4, -0.2) is 54.6 Å². The van der Waals surface area contributed by atoms with E-state index in [1.54, 1.807) is 24.3 Å². The smallest absolute Gasteiger partial charge is 0.313 e. The largest absolute Gasteiger partial charge is 0.481 e. The number of carbonyl (C=O) groups excluding carboxylic acids is 2. The van der Waals surface area contributed by atoms with Crippen molar-refractivity contribution in [3.8, 4) is 0 Å². The number of likely N-dealkylation sites (tertiary alicyclic amines) is 1. The normalized spacial score (nSPS) is 20.7. The van der Waals surface area contributed by atoms with Gasteiger partial charge < -0.3 is 20.1 Å². The van der Waals surface area contributed by atoms with Crippen LogP contribution in [0, 0.1) is 5.41 Å². The summed E-state index contributed by atoms with van der Waals surface area (Å²) in [5.74, 6) is -1.43. The molecule has 2 N–H and O–H groups in total. The first kappa shape index (κ1) is 20.2. The van der Waals surface area contributed by atoms with Crippen molar-refractivity contribution >= 4 is 29.4 Å². The molecule has 0 radical (unpaired) electrons. The van der Waals surface area contributed by atoms with Gasteiger partial charge in [-0.05, 0) is 24.1 Å². The van der Waals surface area contributed by atoms with E-state index in [4.69, 9.17) is 16.3 Å². The average Bonchev–Trinajstić information content (AvgIpc) is 3.01. The number of benzene rings is 1. The number of nitrogens with zero attached hydrogens (tertiary/aromatic N) is 1. The van der Waals surface area contributed by atoms with Crippen LogP contribution in [0.25, 0.3) is 0 Å². The first-order valence-electron chi connectivity index (χ1n) is 8.30. The van der Waals surface area contributed by atoms with Gasteiger partial charge in [0.05, 0.1) is 19.1 Å². The molecule has 0 spiro atoms. The quantitative estimate of drug-likeness (QED) is 0.750. The van der Waals surface area contributed by atoms with E-state index < -0.39 is 17.4 Å². The molecular formula is C18H23ClN2O5. The van der Waals surface area contributed by atoms with E-state index in [2.05, 4.69) is 5.32 Å². The number of rotatable bonds is 7. The summed E-state index contributed by atoms with van der Waals surface area (Å²) >= 11 is 5.89. The molecule has 2 atom stereocenters. The Morgan fingerprint density at radius 3 is 2.54 bits per heavy atom. The number of nitrogens with one attached hydrogen (secondary N) is 1. The van der Waals surface area contributed by atoms with E-state index in [9.17, 15) is 19.5 Å². The van der Waals surface area contributed by atoms with E-state index in [0.717, 1.165) is 5.56 Å². The zero-order valence-corrected chi connectivity index (χ0v) is 15.6. The first-order valence-corrected chi connectivity index (χ1v) is 8.68. The van der Waals surface area contributed by atoms with E-state index in [1.165, 1.54) is 18.9 Å². The minimum atomic E-state index is -1.08. The first-order chi connectivity index (χ1) is 12.3. The van der Waals surface area contributed by atoms with Crippen LogP contribution in [0.2, 0.25) is 5.02 Å². The Bertz CT molecular complexity index is 679. The zero-order valence-electron chi connectivity index (χ0n) is 14.8. The highest BCUT2D eigenvalue weighted by Gasteiger charge is 2.46. The molecule has 0 aromatic heterocycles. The lowest BCUT2D eigenvalue weighted by Crippen LogP contribution is -2.41. The van der Waals surface area contributed by atoms with Gasteiger partial charge in [0.25, 0.3) is 0 Å². The lowest BCUT2D eigenvalue weighted by molar-refractivity contribution is -0.151. The van der Waals surface area contributed by atoms with Crippen LogP contribution in [0.3, 0.4) is 0 Å². The van der Waals surface area contributed by atoms with Crippen molar-refractivity contribution in [2.45, 2.75) is 25.8 Å². The SMILES string of the molecule is COCC1(C(=O)O)CCN(C(=O)CC(NC(C)=O)c2ccc(Cl)cc2)C1. The van der Waals surface area contributed by atoms with Gasteiger partial charge >= 0.3 is 5.97 Å². The molecule has 2 amide bonds. The second-order valence-corrected chi connectivity index (χ2v) is 7.03. The Labute approximate surface area is 157 Å². The van der Waals surface area contributed by atoms with Crippen molar-refractivity contribution < 1.29 is 24.2 Å². The Balaban J connectivity index is 2.11. The molecule has 0 aliphatic carbocycles. The molecule has 7 nitrogen and oxygen atoms in total. The molecule has 1 fully saturated rings. The number of hydrogen-bond acceptors (Lipinski definition) is 4. The lowest BCUT2D eigenvalue weighted by Gasteiger charge is -2.25. The molecule has 1 saturated heterocycles. The number of aliphatic carboxylic acids is 1. The second kappa shape index (κ2) is 8.51. The van der Waals surface area contributed by atoms with Crippen molar-refractivity contribution in [2.75, 3.05) is 26.8 Å². The van der Waals surface area contributed by atoms with Gasteiger partial charge in [-0.1, -0.05) is 23.7 Å². The Kier molecular flexibility index (Phi) is 6.61. The number of hydrogen-bond donors (Lipinski definition) is 2. The van der Waals surface area contributed by atoms with Crippen LogP contribution in [0.15, 0.2) is 24.3 Å². The summed E-state index contributed by atoms with van der Waals surface area (Å²) in [4.78, 5) is 37.4. The van der Waals surface area contributed by atoms with Gasteiger partial charge in [-0.15, -0.1) is 0 Å². The maximum absolute atomic E-state index is 12.7. The number of carbonyl (C=O) groups is 3. The Morgan fingerprint density at radius 1 is 1.35 bits per heavy atom. The standard InChI is InChI=1S/C18H23ClN2O5/c1-12(22)20-15(13-3-5-14(19)6-4-13)9-16(23)21-8-7-18(10-21,11-26-2)17(24)25/h3-6,15H,7-11H2,1-2H3,(H,20,22)(H,24,25). The number of methoxy groups -OCH3 is 1. The topological polar surface area (TPSA) is 95.9 Å². The van der Waals surface area contributed by atoms with E-state index in [0.29, 0.717) is 18.0 Å². The summed E-state index contributed by atoms with van der Waals surface area (Å²) in [6.07, 6.45) is 0.386. The molecule has 8 heteroatoms. The van der Waals surface area contributed by atoms with Gasteiger partial charge in [0, 0.05) is 32.1 Å². The number of amides is 2. The number of carboxylic acid groups (broad SMARTS) is 1. The molecule has 0 bridgehead atoms. The number of carboxylic acids is 1. The highest BCUT2D eigenvalue weighted by Crippen LogP contribution is 2.32. The van der Waals surface area contributed by atoms with Crippen LogP contribution in [0.4, 0.5) is 0 Å². The predicted octanol–water partition coefficient (Wildman–Crippen LogP) is 1.86. The van der Waals surface area contributed by atoms with Gasteiger partial charge in [0.2, 0.25) is 11.8 Å². The van der Waals surface area contributed by atoms with Crippen LogP contribution < -0.4 is 5.32 Å². The minimum Gasteiger partial charge on any atom is -0.481 e. The van der Waals surface area contributed by atoms with Crippen molar-refractivity contribution in [1.82, 2.24) is 10.2 Å². The summed E-state index contributed by atoms with van der Waals surface area (Å²) in [6.45, 7) is 1.89. The minimum absolute atomic E-state index is 0.0455. The fraction of sp³-hybridized carbons (Fsp3) is 0.500. The molecule has 0 saturated carbocycles. The molecule has 1 heterocycles. The van der Waals surface area contributed by atoms with E-state index >= 15 is 0 Å². The third kappa shape index (κ3) is 4.74. The highest BCUT2D eigenvalue weighted by atomic mass is 35.5. The third-order valence-electron chi connectivity index (χ3n) is 4.61. The molecule has 1 aromatic carbocycles. The molecule has 2 unspecified atom stereocenters. The second-order valence-electron chi connectivity index (χ2n) is 6.59. The highest BCUT2D eigenvalue weighted by molar-refractivity contribution is 6.30. The third-order valence-corrected chi connectivity index (χ3v) is 4.86. The van der Waals surface area contributed by atoms with Gasteiger partial charge in [0.1, 0.15) is 5.41 Å². The summed E-state index contributed by atoms with van der Waals surface area (Å²) in [5, 5.41) is 12.8. The Morgan fingerprint density at radius 2 is 2.00 bits per heavy atom. The predicted molar refractivity (Wildman–Crippen MR) is 95.8 cm³/mol. The zero-order chi connectivity index (χ0) is 19.3. The van der Waals surface area contributed by atoms with Gasteiger partial charge in [-0.2, -0.15) is 0 Å². The van der Waals surface area contributed by atoms with Gasteiger partial charge in [0.15, 0.2) is 0 Å². The maximum atomic E-state index is 12.7. The molecule has 26 heavy (non-hydrogen) atoms. The van der Waals surface area contributed by atoms with Crippen LogP contribution in [0.5, 0.6) is 0 Å². The van der Waals surface area contributed by atoms with Crippen molar-refractivity contribution in [2.24, 2.45) is 5.41 Å². The number of ether oxygens (including phenoxy) is 1. The van der Waals surface area contributed by atoms with E-state index in [1.807, 2.05) is 0 Å². The fourth-order valence-corrected chi connectivity index (χ4v) is 3.34. The molecule has 1 aliphatic heterocycles. The summed E-state index contributed by atoms with van der Waals surface area (Å²) in [7, 11) is 1.45. The average molecular weight is 383 g/mol. The van der Waals surface area contributed by atoms with E-state index in [-0.39, 0.29) is 31.4 Å². The summed E-state index contributed by atoms with van der Waals surface area (Å²) < 4.78 is 5.04. The summed E-state index contributed by atoms with van der Waals surface area (Å²) in [5.41, 5.74) is -0.313. The van der Waals surface area contributed by atoms with Crippen LogP contribution >= 0.6 is 11.6 Å².